The number of hydrogen-bond acceptors (Lipinski definition) is 4. The van der Waals surface area contributed by atoms with Crippen LogP contribution in [0.4, 0.5) is 5.69 Å². The van der Waals surface area contributed by atoms with E-state index in [0.29, 0.717) is 27.2 Å². The van der Waals surface area contributed by atoms with E-state index in [1.807, 2.05) is 6.92 Å². The number of anilines is 1. The van der Waals surface area contributed by atoms with Gasteiger partial charge in [-0.1, -0.05) is 65.8 Å². The minimum absolute atomic E-state index is 0.00401. The van der Waals surface area contributed by atoms with Crippen molar-refractivity contribution < 1.29 is 18.0 Å². The highest BCUT2D eigenvalue weighted by molar-refractivity contribution is 7.92. The molecule has 0 saturated heterocycles. The molecule has 0 radical (unpaired) electrons. The molecule has 0 unspecified atom stereocenters. The molecule has 1 atom stereocenters. The highest BCUT2D eigenvalue weighted by Crippen LogP contribution is 2.31. The van der Waals surface area contributed by atoms with Gasteiger partial charge in [-0.15, -0.1) is 0 Å². The van der Waals surface area contributed by atoms with Crippen LogP contribution in [0, 0.1) is 0 Å². The predicted octanol–water partition coefficient (Wildman–Crippen LogP) is 5.40. The first-order valence-corrected chi connectivity index (χ1v) is 14.1. The lowest BCUT2D eigenvalue weighted by molar-refractivity contribution is -0.139. The number of sulfonamides is 1. The molecular weight excluding hydrogens is 556 g/mol. The van der Waals surface area contributed by atoms with Crippen LogP contribution in [-0.2, 0) is 26.2 Å². The van der Waals surface area contributed by atoms with Crippen LogP contribution in [0.2, 0.25) is 20.1 Å². The third-order valence-corrected chi connectivity index (χ3v) is 7.59. The lowest BCUT2D eigenvalue weighted by Crippen LogP contribution is -2.51. The standard InChI is InChI=1S/C23H27Cl4N3O4S/c1-4-5-10-28-23(32)15(2)29(13-16-6-8-18(25)19(26)11-16)22(31)14-30(35(3,33)34)21-9-7-17(24)12-20(21)27/h6-9,11-12,15H,4-5,10,13-14H2,1-3H3,(H,28,32)/t15-/m1/s1. The largest absolute Gasteiger partial charge is 0.354 e. The summed E-state index contributed by atoms with van der Waals surface area (Å²) in [5.41, 5.74) is 0.720. The van der Waals surface area contributed by atoms with E-state index in [0.717, 1.165) is 23.4 Å². The predicted molar refractivity (Wildman–Crippen MR) is 143 cm³/mol. The smallest absolute Gasteiger partial charge is 0.244 e. The van der Waals surface area contributed by atoms with Gasteiger partial charge in [0.25, 0.3) is 0 Å². The third-order valence-electron chi connectivity index (χ3n) is 5.19. The number of unbranched alkanes of at least 4 members (excludes halogenated alkanes) is 1. The number of carbonyl (C=O) groups is 2. The number of amides is 2. The molecule has 2 rings (SSSR count). The molecule has 2 amide bonds. The van der Waals surface area contributed by atoms with Crippen LogP contribution in [0.1, 0.15) is 32.3 Å². The molecule has 35 heavy (non-hydrogen) atoms. The Hall–Kier alpha value is -1.71. The summed E-state index contributed by atoms with van der Waals surface area (Å²) in [5.74, 6) is -0.965. The van der Waals surface area contributed by atoms with E-state index in [9.17, 15) is 18.0 Å². The first-order valence-electron chi connectivity index (χ1n) is 10.8. The molecule has 7 nitrogen and oxygen atoms in total. The summed E-state index contributed by atoms with van der Waals surface area (Å²) in [6.07, 6.45) is 2.65. The number of rotatable bonds is 11. The van der Waals surface area contributed by atoms with Crippen LogP contribution in [0.5, 0.6) is 0 Å². The third kappa shape index (κ3) is 8.43. The molecule has 0 spiro atoms. The Balaban J connectivity index is 2.40. The number of benzene rings is 2. The summed E-state index contributed by atoms with van der Waals surface area (Å²) in [7, 11) is -3.91. The second kappa shape index (κ2) is 13.0. The van der Waals surface area contributed by atoms with E-state index in [1.165, 1.54) is 23.1 Å². The summed E-state index contributed by atoms with van der Waals surface area (Å²) in [5, 5.41) is 3.83. The molecule has 12 heteroatoms. The number of halogens is 4. The Kier molecular flexibility index (Phi) is 11.0. The number of carbonyl (C=O) groups excluding carboxylic acids is 2. The summed E-state index contributed by atoms with van der Waals surface area (Å²) in [4.78, 5) is 27.6. The SMILES string of the molecule is CCCCNC(=O)[C@@H](C)N(Cc1ccc(Cl)c(Cl)c1)C(=O)CN(c1ccc(Cl)cc1Cl)S(C)(=O)=O. The van der Waals surface area contributed by atoms with Gasteiger partial charge in [0.05, 0.1) is 27.0 Å². The van der Waals surface area contributed by atoms with Crippen LogP contribution in [0.15, 0.2) is 36.4 Å². The molecule has 0 aliphatic heterocycles. The molecule has 1 N–H and O–H groups in total. The van der Waals surface area contributed by atoms with Gasteiger partial charge >= 0.3 is 0 Å². The van der Waals surface area contributed by atoms with Gasteiger partial charge < -0.3 is 10.2 Å². The zero-order chi connectivity index (χ0) is 26.3. The van der Waals surface area contributed by atoms with Crippen LogP contribution in [-0.4, -0.2) is 50.5 Å². The van der Waals surface area contributed by atoms with Crippen LogP contribution < -0.4 is 9.62 Å². The molecule has 192 valence electrons. The summed E-state index contributed by atoms with van der Waals surface area (Å²) < 4.78 is 26.1. The Morgan fingerprint density at radius 3 is 2.26 bits per heavy atom. The maximum absolute atomic E-state index is 13.5. The van der Waals surface area contributed by atoms with Gasteiger partial charge in [-0.2, -0.15) is 0 Å². The monoisotopic (exact) mass is 581 g/mol. The number of nitrogens with zero attached hydrogens (tertiary/aromatic N) is 2. The average Bonchev–Trinajstić information content (AvgIpc) is 2.77. The number of nitrogens with one attached hydrogen (secondary N) is 1. The lowest BCUT2D eigenvalue weighted by atomic mass is 10.1. The zero-order valence-corrected chi connectivity index (χ0v) is 23.4. The fraction of sp³-hybridized carbons (Fsp3) is 0.391. The Morgan fingerprint density at radius 2 is 1.69 bits per heavy atom. The molecular formula is C23H27Cl4N3O4S. The molecule has 0 aromatic heterocycles. The van der Waals surface area contributed by atoms with Crippen LogP contribution >= 0.6 is 46.4 Å². The van der Waals surface area contributed by atoms with E-state index in [2.05, 4.69) is 5.32 Å². The van der Waals surface area contributed by atoms with Crippen molar-refractivity contribution >= 4 is 73.9 Å². The summed E-state index contributed by atoms with van der Waals surface area (Å²) in [6.45, 7) is 3.47. The van der Waals surface area contributed by atoms with Crippen molar-refractivity contribution in [1.29, 1.82) is 0 Å². The van der Waals surface area contributed by atoms with E-state index >= 15 is 0 Å². The highest BCUT2D eigenvalue weighted by atomic mass is 35.5. The molecule has 0 bridgehead atoms. The minimum Gasteiger partial charge on any atom is -0.354 e. The zero-order valence-electron chi connectivity index (χ0n) is 19.5. The van der Waals surface area contributed by atoms with Crippen molar-refractivity contribution in [2.45, 2.75) is 39.3 Å². The molecule has 0 saturated carbocycles. The Bertz CT molecular complexity index is 1180. The maximum atomic E-state index is 13.5. The van der Waals surface area contributed by atoms with Crippen LogP contribution in [0.25, 0.3) is 0 Å². The first kappa shape index (κ1) is 29.5. The molecule has 2 aromatic carbocycles. The van der Waals surface area contributed by atoms with Gasteiger partial charge in [0.1, 0.15) is 12.6 Å². The molecule has 0 aliphatic rings. The average molecular weight is 583 g/mol. The molecule has 2 aromatic rings. The van der Waals surface area contributed by atoms with Crippen molar-refractivity contribution in [3.8, 4) is 0 Å². The van der Waals surface area contributed by atoms with Crippen molar-refractivity contribution in [3.05, 3.63) is 62.1 Å². The van der Waals surface area contributed by atoms with E-state index < -0.39 is 28.5 Å². The summed E-state index contributed by atoms with van der Waals surface area (Å²) in [6, 6.07) is 8.25. The number of hydrogen-bond donors (Lipinski definition) is 1. The second-order valence-corrected chi connectivity index (χ2v) is 11.5. The van der Waals surface area contributed by atoms with Crippen LogP contribution in [0.3, 0.4) is 0 Å². The van der Waals surface area contributed by atoms with Gasteiger partial charge in [-0.3, -0.25) is 13.9 Å². The van der Waals surface area contributed by atoms with Gasteiger partial charge in [0.2, 0.25) is 21.8 Å². The van der Waals surface area contributed by atoms with Crippen molar-refractivity contribution in [3.63, 3.8) is 0 Å². The van der Waals surface area contributed by atoms with Crippen molar-refractivity contribution in [2.75, 3.05) is 23.7 Å². The fourth-order valence-electron chi connectivity index (χ4n) is 3.23. The second-order valence-electron chi connectivity index (χ2n) is 7.96. The van der Waals surface area contributed by atoms with Gasteiger partial charge in [0, 0.05) is 18.1 Å². The molecule has 0 aliphatic carbocycles. The van der Waals surface area contributed by atoms with E-state index in [1.54, 1.807) is 25.1 Å². The van der Waals surface area contributed by atoms with E-state index in [-0.39, 0.29) is 23.2 Å². The summed E-state index contributed by atoms with van der Waals surface area (Å²) >= 11 is 24.3. The minimum atomic E-state index is -3.91. The van der Waals surface area contributed by atoms with E-state index in [4.69, 9.17) is 46.4 Å². The maximum Gasteiger partial charge on any atom is 0.244 e. The van der Waals surface area contributed by atoms with Gasteiger partial charge in [-0.05, 0) is 49.2 Å². The Morgan fingerprint density at radius 1 is 1.00 bits per heavy atom. The lowest BCUT2D eigenvalue weighted by Gasteiger charge is -2.31. The topological polar surface area (TPSA) is 86.8 Å². The molecule has 0 heterocycles. The van der Waals surface area contributed by atoms with Crippen molar-refractivity contribution in [2.24, 2.45) is 0 Å². The molecule has 0 fully saturated rings. The van der Waals surface area contributed by atoms with Gasteiger partial charge in [-0.25, -0.2) is 8.42 Å². The normalized spacial score (nSPS) is 12.2. The Labute approximate surface area is 226 Å². The first-order chi connectivity index (χ1) is 16.3. The fourth-order valence-corrected chi connectivity index (χ4v) is 4.97. The highest BCUT2D eigenvalue weighted by Gasteiger charge is 2.30. The van der Waals surface area contributed by atoms with Crippen molar-refractivity contribution in [1.82, 2.24) is 10.2 Å². The van der Waals surface area contributed by atoms with Gasteiger partial charge in [0.15, 0.2) is 0 Å². The quantitative estimate of drug-likeness (QED) is 0.359.